The Kier molecular flexibility index (Phi) is 4.26. The van der Waals surface area contributed by atoms with Crippen LogP contribution in [0.3, 0.4) is 0 Å². The molecule has 0 fully saturated rings. The van der Waals surface area contributed by atoms with Crippen molar-refractivity contribution in [3.63, 3.8) is 0 Å². The van der Waals surface area contributed by atoms with E-state index in [0.717, 1.165) is 11.1 Å². The van der Waals surface area contributed by atoms with Crippen LogP contribution in [-0.2, 0) is 6.54 Å². The third-order valence-corrected chi connectivity index (χ3v) is 3.65. The van der Waals surface area contributed by atoms with Crippen molar-refractivity contribution in [2.75, 3.05) is 0 Å². The normalized spacial score (nSPS) is 10.6. The lowest BCUT2D eigenvalue weighted by molar-refractivity contribution is 0.0944. The van der Waals surface area contributed by atoms with Gasteiger partial charge in [0.25, 0.3) is 11.8 Å². The van der Waals surface area contributed by atoms with Gasteiger partial charge in [0, 0.05) is 11.1 Å². The van der Waals surface area contributed by atoms with E-state index in [1.807, 2.05) is 60.7 Å². The molecule has 0 unspecified atom stereocenters. The molecule has 0 saturated heterocycles. The Morgan fingerprint density at radius 2 is 1.54 bits per heavy atom. The molecule has 0 aliphatic rings. The lowest BCUT2D eigenvalue weighted by atomic mass is 10.2. The molecule has 4 rings (SSSR count). The molecule has 0 atom stereocenters. The van der Waals surface area contributed by atoms with Crippen LogP contribution in [0.2, 0.25) is 0 Å². The molecular formula is C19H14N4O3. The summed E-state index contributed by atoms with van der Waals surface area (Å²) in [7, 11) is 0. The highest BCUT2D eigenvalue weighted by Gasteiger charge is 2.15. The molecule has 128 valence electrons. The van der Waals surface area contributed by atoms with E-state index in [2.05, 4.69) is 20.4 Å². The van der Waals surface area contributed by atoms with Gasteiger partial charge in [-0.1, -0.05) is 41.6 Å². The van der Waals surface area contributed by atoms with Crippen LogP contribution in [0.5, 0.6) is 0 Å². The Bertz CT molecular complexity index is 1010. The van der Waals surface area contributed by atoms with Gasteiger partial charge in [-0.25, -0.2) is 4.98 Å². The van der Waals surface area contributed by atoms with Crippen molar-refractivity contribution >= 4 is 5.91 Å². The van der Waals surface area contributed by atoms with Gasteiger partial charge in [0.05, 0.1) is 6.54 Å². The quantitative estimate of drug-likeness (QED) is 0.596. The molecule has 2 aromatic heterocycles. The number of oxazole rings is 1. The number of hydrogen-bond acceptors (Lipinski definition) is 6. The van der Waals surface area contributed by atoms with E-state index >= 15 is 0 Å². The average molecular weight is 346 g/mol. The van der Waals surface area contributed by atoms with E-state index in [9.17, 15) is 4.79 Å². The van der Waals surface area contributed by atoms with Gasteiger partial charge in [-0.15, -0.1) is 0 Å². The summed E-state index contributed by atoms with van der Waals surface area (Å²) in [5, 5.41) is 6.56. The number of hydrogen-bond donors (Lipinski definition) is 1. The Hall–Kier alpha value is -3.74. The van der Waals surface area contributed by atoms with Gasteiger partial charge in [-0.2, -0.15) is 4.98 Å². The highest BCUT2D eigenvalue weighted by Crippen LogP contribution is 2.18. The van der Waals surface area contributed by atoms with Crippen molar-refractivity contribution in [3.8, 4) is 22.9 Å². The number of nitrogens with one attached hydrogen (secondary N) is 1. The summed E-state index contributed by atoms with van der Waals surface area (Å²) in [6.45, 7) is 0.128. The summed E-state index contributed by atoms with van der Waals surface area (Å²) >= 11 is 0. The fourth-order valence-corrected chi connectivity index (χ4v) is 2.36. The van der Waals surface area contributed by atoms with Crippen LogP contribution in [0.15, 0.2) is 75.9 Å². The predicted molar refractivity (Wildman–Crippen MR) is 92.8 cm³/mol. The molecule has 2 heterocycles. The van der Waals surface area contributed by atoms with Gasteiger partial charge in [-0.3, -0.25) is 4.79 Å². The fraction of sp³-hybridized carbons (Fsp3) is 0.0526. The molecule has 7 heteroatoms. The molecule has 0 aliphatic heterocycles. The minimum atomic E-state index is -0.373. The second-order valence-electron chi connectivity index (χ2n) is 5.47. The summed E-state index contributed by atoms with van der Waals surface area (Å²) in [6, 6.07) is 18.8. The highest BCUT2D eigenvalue weighted by atomic mass is 16.5. The maximum atomic E-state index is 12.2. The van der Waals surface area contributed by atoms with Crippen molar-refractivity contribution in [1.29, 1.82) is 0 Å². The topological polar surface area (TPSA) is 94.1 Å². The zero-order valence-corrected chi connectivity index (χ0v) is 13.6. The van der Waals surface area contributed by atoms with Crippen LogP contribution < -0.4 is 5.32 Å². The van der Waals surface area contributed by atoms with Gasteiger partial charge in [0.1, 0.15) is 6.26 Å². The smallest absolute Gasteiger partial charge is 0.273 e. The summed E-state index contributed by atoms with van der Waals surface area (Å²) in [5.41, 5.74) is 1.81. The maximum Gasteiger partial charge on any atom is 0.273 e. The van der Waals surface area contributed by atoms with Crippen molar-refractivity contribution in [3.05, 3.63) is 78.4 Å². The molecule has 0 spiro atoms. The van der Waals surface area contributed by atoms with Crippen LogP contribution in [0, 0.1) is 0 Å². The standard InChI is InChI=1S/C19H14N4O3/c24-17(15-12-25-18(21-15)13-7-3-1-4-8-13)20-11-16-22-19(26-23-16)14-9-5-2-6-10-14/h1-10,12H,11H2,(H,20,24). The van der Waals surface area contributed by atoms with Gasteiger partial charge in [0.15, 0.2) is 11.5 Å². The van der Waals surface area contributed by atoms with Crippen LogP contribution in [0.25, 0.3) is 22.9 Å². The third kappa shape index (κ3) is 3.36. The van der Waals surface area contributed by atoms with Gasteiger partial charge in [0.2, 0.25) is 5.89 Å². The Morgan fingerprint density at radius 1 is 0.885 bits per heavy atom. The van der Waals surface area contributed by atoms with Gasteiger partial charge in [-0.05, 0) is 24.3 Å². The third-order valence-electron chi connectivity index (χ3n) is 3.65. The molecular weight excluding hydrogens is 332 g/mol. The van der Waals surface area contributed by atoms with Crippen molar-refractivity contribution in [2.24, 2.45) is 0 Å². The molecule has 0 bridgehead atoms. The van der Waals surface area contributed by atoms with Crippen LogP contribution in [-0.4, -0.2) is 21.0 Å². The van der Waals surface area contributed by atoms with Crippen molar-refractivity contribution in [2.45, 2.75) is 6.54 Å². The molecule has 0 saturated carbocycles. The number of nitrogens with zero attached hydrogens (tertiary/aromatic N) is 3. The number of benzene rings is 2. The van der Waals surface area contributed by atoms with Gasteiger partial charge < -0.3 is 14.3 Å². The zero-order valence-electron chi connectivity index (χ0n) is 13.6. The number of carbonyl (C=O) groups excluding carboxylic acids is 1. The van der Waals surface area contributed by atoms with E-state index in [1.54, 1.807) is 0 Å². The highest BCUT2D eigenvalue weighted by molar-refractivity contribution is 5.92. The predicted octanol–water partition coefficient (Wildman–Crippen LogP) is 3.32. The minimum absolute atomic E-state index is 0.128. The molecule has 4 aromatic rings. The second kappa shape index (κ2) is 7.02. The van der Waals surface area contributed by atoms with E-state index < -0.39 is 0 Å². The zero-order chi connectivity index (χ0) is 17.8. The number of carbonyl (C=O) groups is 1. The molecule has 0 radical (unpaired) electrons. The maximum absolute atomic E-state index is 12.2. The van der Waals surface area contributed by atoms with Crippen molar-refractivity contribution in [1.82, 2.24) is 20.4 Å². The molecule has 1 amide bonds. The largest absolute Gasteiger partial charge is 0.444 e. The summed E-state index contributed by atoms with van der Waals surface area (Å²) < 4.78 is 10.6. The van der Waals surface area contributed by atoms with E-state index in [-0.39, 0.29) is 18.1 Å². The van der Waals surface area contributed by atoms with Gasteiger partial charge >= 0.3 is 0 Å². The fourth-order valence-electron chi connectivity index (χ4n) is 2.36. The average Bonchev–Trinajstić information content (AvgIpc) is 3.37. The number of rotatable bonds is 5. The monoisotopic (exact) mass is 346 g/mol. The first-order chi connectivity index (χ1) is 12.8. The second-order valence-corrected chi connectivity index (χ2v) is 5.47. The Morgan fingerprint density at radius 3 is 2.23 bits per heavy atom. The minimum Gasteiger partial charge on any atom is -0.444 e. The van der Waals surface area contributed by atoms with E-state index in [0.29, 0.717) is 17.6 Å². The Balaban J connectivity index is 1.40. The first-order valence-electron chi connectivity index (χ1n) is 7.97. The summed E-state index contributed by atoms with van der Waals surface area (Å²) in [5.74, 6) is 0.801. The van der Waals surface area contributed by atoms with Crippen LogP contribution in [0.1, 0.15) is 16.3 Å². The molecule has 1 N–H and O–H groups in total. The Labute approximate surface area is 148 Å². The first kappa shape index (κ1) is 15.8. The lowest BCUT2D eigenvalue weighted by Gasteiger charge is -1.97. The molecule has 0 aliphatic carbocycles. The van der Waals surface area contributed by atoms with Crippen LogP contribution in [0.4, 0.5) is 0 Å². The van der Waals surface area contributed by atoms with Crippen LogP contribution >= 0.6 is 0 Å². The number of aromatic nitrogens is 3. The lowest BCUT2D eigenvalue weighted by Crippen LogP contribution is -2.23. The summed E-state index contributed by atoms with van der Waals surface area (Å²) in [6.07, 6.45) is 1.32. The summed E-state index contributed by atoms with van der Waals surface area (Å²) in [4.78, 5) is 20.7. The van der Waals surface area contributed by atoms with Crippen molar-refractivity contribution < 1.29 is 13.7 Å². The number of amides is 1. The first-order valence-corrected chi connectivity index (χ1v) is 7.97. The SMILES string of the molecule is O=C(NCc1noc(-c2ccccc2)n1)c1coc(-c2ccccc2)n1. The molecule has 26 heavy (non-hydrogen) atoms. The molecule has 7 nitrogen and oxygen atoms in total. The van der Waals surface area contributed by atoms with E-state index in [1.165, 1.54) is 6.26 Å². The molecule has 2 aromatic carbocycles. The van der Waals surface area contributed by atoms with E-state index in [4.69, 9.17) is 8.94 Å².